The van der Waals surface area contributed by atoms with Crippen LogP contribution >= 0.6 is 0 Å². The molecule has 0 unspecified atom stereocenters. The van der Waals surface area contributed by atoms with Gasteiger partial charge in [0.25, 0.3) is 0 Å². The predicted molar refractivity (Wildman–Crippen MR) is 139 cm³/mol. The fraction of sp³-hybridized carbons (Fsp3) is 0.806. The first-order chi connectivity index (χ1) is 15.8. The maximum absolute atomic E-state index is 5.95. The lowest BCUT2D eigenvalue weighted by atomic mass is 9.68. The molecule has 0 aromatic heterocycles. The van der Waals surface area contributed by atoms with Gasteiger partial charge in [-0.05, 0) is 86.3 Å². The summed E-state index contributed by atoms with van der Waals surface area (Å²) in [4.78, 5) is 0. The third-order valence-electron chi connectivity index (χ3n) is 8.68. The van der Waals surface area contributed by atoms with Crippen molar-refractivity contribution in [2.45, 2.75) is 129 Å². The van der Waals surface area contributed by atoms with E-state index in [4.69, 9.17) is 4.74 Å². The van der Waals surface area contributed by atoms with Crippen molar-refractivity contribution >= 4 is 0 Å². The van der Waals surface area contributed by atoms with Gasteiger partial charge in [-0.3, -0.25) is 0 Å². The van der Waals surface area contributed by atoms with Crippen molar-refractivity contribution in [3.05, 3.63) is 29.8 Å². The minimum absolute atomic E-state index is 0.870. The Morgan fingerprint density at radius 2 is 1.19 bits per heavy atom. The first kappa shape index (κ1) is 25.6. The molecule has 32 heavy (non-hydrogen) atoms. The van der Waals surface area contributed by atoms with Gasteiger partial charge >= 0.3 is 0 Å². The number of rotatable bonds is 14. The van der Waals surface area contributed by atoms with Crippen LogP contribution in [0.3, 0.4) is 0 Å². The summed E-state index contributed by atoms with van der Waals surface area (Å²) in [5.41, 5.74) is 1.49. The number of benzene rings is 1. The molecule has 0 atom stereocenters. The molecule has 0 heterocycles. The lowest BCUT2D eigenvalue weighted by Gasteiger charge is -2.38. The fourth-order valence-electron chi connectivity index (χ4n) is 6.50. The second-order valence-corrected chi connectivity index (χ2v) is 11.1. The quantitative estimate of drug-likeness (QED) is 0.261. The fourth-order valence-corrected chi connectivity index (χ4v) is 6.50. The molecule has 1 heteroatoms. The number of ether oxygens (including phenoxy) is 1. The Labute approximate surface area is 200 Å². The standard InChI is InChI=1S/C31H52O/c1-3-5-6-7-8-9-25-32-31-23-17-28(18-24-31)12-11-27-15-21-30(22-16-27)29-19-13-26(10-4-2)14-20-29/h17-18,23-24,26-27,29-30H,3-16,19-22,25H2,1-2H3. The van der Waals surface area contributed by atoms with E-state index in [1.54, 1.807) is 0 Å². The Morgan fingerprint density at radius 3 is 1.78 bits per heavy atom. The van der Waals surface area contributed by atoms with E-state index in [0.717, 1.165) is 36.0 Å². The molecule has 0 bridgehead atoms. The molecule has 0 amide bonds. The molecule has 1 aromatic rings. The van der Waals surface area contributed by atoms with E-state index in [1.807, 2.05) is 0 Å². The number of aryl methyl sites for hydroxylation is 1. The number of unbranched alkanes of at least 4 members (excludes halogenated alkanes) is 5. The van der Waals surface area contributed by atoms with E-state index in [1.165, 1.54) is 121 Å². The first-order valence-electron chi connectivity index (χ1n) is 14.5. The highest BCUT2D eigenvalue weighted by Crippen LogP contribution is 2.43. The lowest BCUT2D eigenvalue weighted by Crippen LogP contribution is -2.26. The van der Waals surface area contributed by atoms with E-state index in [2.05, 4.69) is 38.1 Å². The minimum Gasteiger partial charge on any atom is -0.494 e. The monoisotopic (exact) mass is 440 g/mol. The van der Waals surface area contributed by atoms with Crippen LogP contribution in [0.4, 0.5) is 0 Å². The van der Waals surface area contributed by atoms with Crippen LogP contribution in [0.1, 0.15) is 129 Å². The van der Waals surface area contributed by atoms with Crippen LogP contribution < -0.4 is 4.74 Å². The van der Waals surface area contributed by atoms with Gasteiger partial charge in [0, 0.05) is 0 Å². The molecule has 2 aliphatic rings. The summed E-state index contributed by atoms with van der Waals surface area (Å²) >= 11 is 0. The second kappa shape index (κ2) is 15.0. The Kier molecular flexibility index (Phi) is 12.0. The van der Waals surface area contributed by atoms with E-state index in [-0.39, 0.29) is 0 Å². The summed E-state index contributed by atoms with van der Waals surface area (Å²) in [6.07, 6.45) is 25.5. The Hall–Kier alpha value is -0.980. The third kappa shape index (κ3) is 9.11. The molecule has 2 aliphatic carbocycles. The molecular weight excluding hydrogens is 388 g/mol. The van der Waals surface area contributed by atoms with Crippen molar-refractivity contribution in [3.8, 4) is 5.75 Å². The zero-order valence-corrected chi connectivity index (χ0v) is 21.5. The Balaban J connectivity index is 1.26. The Bertz CT molecular complexity index is 575. The van der Waals surface area contributed by atoms with Crippen molar-refractivity contribution < 1.29 is 4.74 Å². The van der Waals surface area contributed by atoms with Gasteiger partial charge in [0.1, 0.15) is 5.75 Å². The van der Waals surface area contributed by atoms with Crippen LogP contribution in [0.5, 0.6) is 5.75 Å². The van der Waals surface area contributed by atoms with Crippen LogP contribution in [-0.2, 0) is 6.42 Å². The molecule has 0 aliphatic heterocycles. The third-order valence-corrected chi connectivity index (χ3v) is 8.68. The van der Waals surface area contributed by atoms with Gasteiger partial charge in [0.05, 0.1) is 6.61 Å². The number of hydrogen-bond acceptors (Lipinski definition) is 1. The molecule has 2 saturated carbocycles. The van der Waals surface area contributed by atoms with Gasteiger partial charge in [-0.2, -0.15) is 0 Å². The first-order valence-corrected chi connectivity index (χ1v) is 14.5. The summed E-state index contributed by atoms with van der Waals surface area (Å²) in [7, 11) is 0. The highest BCUT2D eigenvalue weighted by Gasteiger charge is 2.30. The van der Waals surface area contributed by atoms with Gasteiger partial charge in [-0.25, -0.2) is 0 Å². The topological polar surface area (TPSA) is 9.23 Å². The highest BCUT2D eigenvalue weighted by atomic mass is 16.5. The van der Waals surface area contributed by atoms with Crippen LogP contribution in [-0.4, -0.2) is 6.61 Å². The van der Waals surface area contributed by atoms with Gasteiger partial charge in [0.2, 0.25) is 0 Å². The minimum atomic E-state index is 0.870. The number of hydrogen-bond donors (Lipinski definition) is 0. The van der Waals surface area contributed by atoms with Gasteiger partial charge in [0.15, 0.2) is 0 Å². The molecule has 0 N–H and O–H groups in total. The zero-order chi connectivity index (χ0) is 22.4. The average Bonchev–Trinajstić information content (AvgIpc) is 2.84. The van der Waals surface area contributed by atoms with Crippen molar-refractivity contribution in [2.24, 2.45) is 23.7 Å². The van der Waals surface area contributed by atoms with E-state index in [9.17, 15) is 0 Å². The van der Waals surface area contributed by atoms with Crippen LogP contribution in [0.15, 0.2) is 24.3 Å². The molecule has 1 nitrogen and oxygen atoms in total. The maximum atomic E-state index is 5.95. The SMILES string of the molecule is CCCCCCCCOc1ccc(CCC2CCC(C3CCC(CCC)CC3)CC2)cc1. The summed E-state index contributed by atoms with van der Waals surface area (Å²) in [5.74, 6) is 5.19. The van der Waals surface area contributed by atoms with Gasteiger partial charge < -0.3 is 4.74 Å². The van der Waals surface area contributed by atoms with Crippen molar-refractivity contribution in [1.82, 2.24) is 0 Å². The van der Waals surface area contributed by atoms with E-state index in [0.29, 0.717) is 0 Å². The van der Waals surface area contributed by atoms with Crippen molar-refractivity contribution in [3.63, 3.8) is 0 Å². The zero-order valence-electron chi connectivity index (χ0n) is 21.5. The summed E-state index contributed by atoms with van der Waals surface area (Å²) in [6.45, 7) is 5.50. The summed E-state index contributed by atoms with van der Waals surface area (Å²) in [6, 6.07) is 8.99. The maximum Gasteiger partial charge on any atom is 0.119 e. The van der Waals surface area contributed by atoms with Gasteiger partial charge in [-0.1, -0.05) is 96.6 Å². The average molecular weight is 441 g/mol. The molecule has 2 fully saturated rings. The molecule has 0 saturated heterocycles. The van der Waals surface area contributed by atoms with Crippen LogP contribution in [0.25, 0.3) is 0 Å². The van der Waals surface area contributed by atoms with Crippen molar-refractivity contribution in [1.29, 1.82) is 0 Å². The van der Waals surface area contributed by atoms with Gasteiger partial charge in [-0.15, -0.1) is 0 Å². The molecule has 3 rings (SSSR count). The molecule has 0 spiro atoms. The molecule has 0 radical (unpaired) electrons. The largest absolute Gasteiger partial charge is 0.494 e. The summed E-state index contributed by atoms with van der Waals surface area (Å²) < 4.78 is 5.95. The Morgan fingerprint density at radius 1 is 0.625 bits per heavy atom. The molecule has 1 aromatic carbocycles. The molecule has 182 valence electrons. The smallest absolute Gasteiger partial charge is 0.119 e. The second-order valence-electron chi connectivity index (χ2n) is 11.1. The van der Waals surface area contributed by atoms with E-state index < -0.39 is 0 Å². The van der Waals surface area contributed by atoms with Crippen molar-refractivity contribution in [2.75, 3.05) is 6.61 Å². The summed E-state index contributed by atoms with van der Waals surface area (Å²) in [5, 5.41) is 0. The highest BCUT2D eigenvalue weighted by molar-refractivity contribution is 5.27. The predicted octanol–water partition coefficient (Wildman–Crippen LogP) is 9.77. The van der Waals surface area contributed by atoms with Crippen LogP contribution in [0.2, 0.25) is 0 Å². The molecular formula is C31H52O. The van der Waals surface area contributed by atoms with E-state index >= 15 is 0 Å². The normalized spacial score (nSPS) is 26.2. The van der Waals surface area contributed by atoms with Crippen LogP contribution in [0, 0.1) is 23.7 Å². The lowest BCUT2D eigenvalue weighted by molar-refractivity contribution is 0.141.